The molecule has 0 aromatic heterocycles. The van der Waals surface area contributed by atoms with Gasteiger partial charge >= 0.3 is 5.97 Å². The van der Waals surface area contributed by atoms with Gasteiger partial charge in [-0.15, -0.1) is 0 Å². The van der Waals surface area contributed by atoms with Gasteiger partial charge in [0.1, 0.15) is 6.04 Å². The van der Waals surface area contributed by atoms with E-state index in [2.05, 4.69) is 5.32 Å². The van der Waals surface area contributed by atoms with Gasteiger partial charge in [-0.2, -0.15) is 0 Å². The maximum atomic E-state index is 12.5. The highest BCUT2D eigenvalue weighted by Gasteiger charge is 2.38. The fourth-order valence-corrected chi connectivity index (χ4v) is 2.64. The number of piperazine rings is 1. The number of carbonyl (C=O) groups excluding carboxylic acids is 2. The Morgan fingerprint density at radius 1 is 1.47 bits per heavy atom. The van der Waals surface area contributed by atoms with Crippen LogP contribution >= 0.6 is 0 Å². The second-order valence-corrected chi connectivity index (χ2v) is 5.08. The highest BCUT2D eigenvalue weighted by molar-refractivity contribution is 5.86. The first-order chi connectivity index (χ1) is 9.13. The van der Waals surface area contributed by atoms with Crippen LogP contribution < -0.4 is 5.32 Å². The van der Waals surface area contributed by atoms with Gasteiger partial charge in [0.05, 0.1) is 25.2 Å². The van der Waals surface area contributed by atoms with Gasteiger partial charge in [-0.25, -0.2) is 4.79 Å². The highest BCUT2D eigenvalue weighted by atomic mass is 16.5. The van der Waals surface area contributed by atoms with E-state index in [-0.39, 0.29) is 23.9 Å². The van der Waals surface area contributed by atoms with Crippen molar-refractivity contribution in [2.45, 2.75) is 32.4 Å². The topological polar surface area (TPSA) is 67.9 Å². The van der Waals surface area contributed by atoms with Gasteiger partial charge in [0, 0.05) is 19.6 Å². The molecule has 0 spiro atoms. The average molecular weight is 270 g/mol. The number of rotatable bonds is 3. The van der Waals surface area contributed by atoms with Crippen LogP contribution in [0.25, 0.3) is 0 Å². The van der Waals surface area contributed by atoms with Crippen molar-refractivity contribution in [2.24, 2.45) is 5.92 Å². The molecular weight excluding hydrogens is 248 g/mol. The number of ether oxygens (including phenoxy) is 2. The fraction of sp³-hybridized carbons (Fsp3) is 0.846. The van der Waals surface area contributed by atoms with E-state index < -0.39 is 6.04 Å². The largest absolute Gasteiger partial charge is 0.464 e. The Hall–Kier alpha value is -1.14. The van der Waals surface area contributed by atoms with E-state index in [0.29, 0.717) is 32.8 Å². The van der Waals surface area contributed by atoms with Crippen molar-refractivity contribution in [3.05, 3.63) is 0 Å². The van der Waals surface area contributed by atoms with Gasteiger partial charge < -0.3 is 19.7 Å². The number of nitrogens with zero attached hydrogens (tertiary/aromatic N) is 1. The lowest BCUT2D eigenvalue weighted by Crippen LogP contribution is -2.58. The maximum Gasteiger partial charge on any atom is 0.330 e. The number of carbonyl (C=O) groups is 2. The molecule has 19 heavy (non-hydrogen) atoms. The van der Waals surface area contributed by atoms with Crippen molar-refractivity contribution in [1.82, 2.24) is 10.2 Å². The smallest absolute Gasteiger partial charge is 0.330 e. The Kier molecular flexibility index (Phi) is 4.76. The van der Waals surface area contributed by atoms with E-state index in [1.807, 2.05) is 6.92 Å². The molecule has 0 saturated carbocycles. The summed E-state index contributed by atoms with van der Waals surface area (Å²) in [5.41, 5.74) is 0. The lowest BCUT2D eigenvalue weighted by Gasteiger charge is -2.35. The minimum Gasteiger partial charge on any atom is -0.464 e. The molecule has 108 valence electrons. The third kappa shape index (κ3) is 3.25. The van der Waals surface area contributed by atoms with Gasteiger partial charge in [0.2, 0.25) is 5.91 Å². The summed E-state index contributed by atoms with van der Waals surface area (Å²) in [5, 5.41) is 3.13. The van der Waals surface area contributed by atoms with Crippen LogP contribution in [-0.2, 0) is 19.1 Å². The summed E-state index contributed by atoms with van der Waals surface area (Å²) in [6.45, 7) is 6.26. The molecule has 2 aliphatic rings. The minimum atomic E-state index is -0.503. The van der Waals surface area contributed by atoms with Crippen molar-refractivity contribution in [1.29, 1.82) is 0 Å². The summed E-state index contributed by atoms with van der Waals surface area (Å²) in [7, 11) is 0. The molecule has 6 heteroatoms. The molecule has 6 nitrogen and oxygen atoms in total. The van der Waals surface area contributed by atoms with Crippen molar-refractivity contribution in [3.8, 4) is 0 Å². The Labute approximate surface area is 113 Å². The second kappa shape index (κ2) is 6.34. The molecule has 2 saturated heterocycles. The molecule has 0 aliphatic carbocycles. The Morgan fingerprint density at radius 3 is 2.89 bits per heavy atom. The molecule has 2 aliphatic heterocycles. The molecule has 3 atom stereocenters. The van der Waals surface area contributed by atoms with E-state index in [1.165, 1.54) is 0 Å². The van der Waals surface area contributed by atoms with E-state index in [9.17, 15) is 9.59 Å². The molecule has 0 bridgehead atoms. The van der Waals surface area contributed by atoms with Gasteiger partial charge in [-0.05, 0) is 20.3 Å². The van der Waals surface area contributed by atoms with Crippen LogP contribution in [0.3, 0.4) is 0 Å². The van der Waals surface area contributed by atoms with Gasteiger partial charge in [0.25, 0.3) is 0 Å². The molecule has 0 radical (unpaired) electrons. The predicted molar refractivity (Wildman–Crippen MR) is 68.5 cm³/mol. The first-order valence-electron chi connectivity index (χ1n) is 6.93. The summed E-state index contributed by atoms with van der Waals surface area (Å²) >= 11 is 0. The summed E-state index contributed by atoms with van der Waals surface area (Å²) in [4.78, 5) is 26.0. The van der Waals surface area contributed by atoms with E-state index >= 15 is 0 Å². The summed E-state index contributed by atoms with van der Waals surface area (Å²) in [6, 6.07) is -0.503. The number of nitrogens with one attached hydrogen (secondary N) is 1. The Bertz CT molecular complexity index is 348. The molecule has 1 amide bonds. The van der Waals surface area contributed by atoms with Gasteiger partial charge in [-0.3, -0.25) is 4.79 Å². The van der Waals surface area contributed by atoms with Crippen LogP contribution in [0.15, 0.2) is 0 Å². The van der Waals surface area contributed by atoms with E-state index in [0.717, 1.165) is 6.42 Å². The zero-order chi connectivity index (χ0) is 13.8. The summed E-state index contributed by atoms with van der Waals surface area (Å²) in [5.74, 6) is -0.427. The average Bonchev–Trinajstić information content (AvgIpc) is 2.85. The predicted octanol–water partition coefficient (Wildman–Crippen LogP) is -0.225. The molecule has 0 aromatic rings. The molecule has 1 N–H and O–H groups in total. The van der Waals surface area contributed by atoms with Gasteiger partial charge in [0.15, 0.2) is 0 Å². The number of hydrogen-bond acceptors (Lipinski definition) is 5. The van der Waals surface area contributed by atoms with E-state index in [1.54, 1.807) is 11.8 Å². The lowest BCUT2D eigenvalue weighted by atomic mass is 10.0. The summed E-state index contributed by atoms with van der Waals surface area (Å²) in [6.07, 6.45) is 0.857. The quantitative estimate of drug-likeness (QED) is 0.718. The first kappa shape index (κ1) is 14.3. The zero-order valence-corrected chi connectivity index (χ0v) is 11.6. The van der Waals surface area contributed by atoms with Crippen LogP contribution in [0, 0.1) is 5.92 Å². The number of amides is 1. The zero-order valence-electron chi connectivity index (χ0n) is 11.6. The lowest BCUT2D eigenvalue weighted by molar-refractivity contribution is -0.157. The SMILES string of the molecule is CCOC(=O)C1CNCCN1C(=O)C1COC(C)C1. The third-order valence-corrected chi connectivity index (χ3v) is 3.63. The van der Waals surface area contributed by atoms with Crippen molar-refractivity contribution in [3.63, 3.8) is 0 Å². The highest BCUT2D eigenvalue weighted by Crippen LogP contribution is 2.22. The van der Waals surface area contributed by atoms with Crippen LogP contribution in [0.2, 0.25) is 0 Å². The monoisotopic (exact) mass is 270 g/mol. The second-order valence-electron chi connectivity index (χ2n) is 5.08. The molecule has 3 unspecified atom stereocenters. The third-order valence-electron chi connectivity index (χ3n) is 3.63. The van der Waals surface area contributed by atoms with Crippen molar-refractivity contribution in [2.75, 3.05) is 32.8 Å². The molecular formula is C13H22N2O4. The number of hydrogen-bond donors (Lipinski definition) is 1. The Balaban J connectivity index is 2.02. The van der Waals surface area contributed by atoms with Crippen LogP contribution in [0.5, 0.6) is 0 Å². The van der Waals surface area contributed by atoms with Gasteiger partial charge in [-0.1, -0.05) is 0 Å². The fourth-order valence-electron chi connectivity index (χ4n) is 2.64. The Morgan fingerprint density at radius 2 is 2.26 bits per heavy atom. The molecule has 0 aromatic carbocycles. The van der Waals surface area contributed by atoms with Crippen molar-refractivity contribution < 1.29 is 19.1 Å². The molecule has 2 rings (SSSR count). The van der Waals surface area contributed by atoms with Crippen molar-refractivity contribution >= 4 is 11.9 Å². The summed E-state index contributed by atoms with van der Waals surface area (Å²) < 4.78 is 10.5. The van der Waals surface area contributed by atoms with Crippen LogP contribution in [-0.4, -0.2) is 61.8 Å². The standard InChI is InChI=1S/C13H22N2O4/c1-3-18-13(17)11-7-14-4-5-15(11)12(16)10-6-9(2)19-8-10/h9-11,14H,3-8H2,1-2H3. The first-order valence-corrected chi connectivity index (χ1v) is 6.93. The van der Waals surface area contributed by atoms with Crippen LogP contribution in [0.4, 0.5) is 0 Å². The maximum absolute atomic E-state index is 12.5. The molecule has 2 fully saturated rings. The van der Waals surface area contributed by atoms with E-state index in [4.69, 9.17) is 9.47 Å². The molecule has 2 heterocycles. The normalized spacial score (nSPS) is 31.3. The van der Waals surface area contributed by atoms with Crippen LogP contribution in [0.1, 0.15) is 20.3 Å². The number of esters is 1. The minimum absolute atomic E-state index is 0.0175.